The van der Waals surface area contributed by atoms with E-state index in [4.69, 9.17) is 13.3 Å². The van der Waals surface area contributed by atoms with Crippen molar-refractivity contribution in [3.05, 3.63) is 0 Å². The molecular formula is C12H28NO3Si+. The maximum atomic E-state index is 5.57. The number of nitrogens with zero attached hydrogens (tertiary/aromatic N) is 1. The summed E-state index contributed by atoms with van der Waals surface area (Å²) in [6, 6.07) is 0.697. The monoisotopic (exact) mass is 262 g/mol. The standard InChI is InChI=1S/C12H28NO3Si/c1-11(2)12-8-7-9-13(12,3)10-17(14-4,15-5)16-6/h11-12H,7-10H2,1-6H3/q+1. The van der Waals surface area contributed by atoms with Crippen molar-refractivity contribution in [3.8, 4) is 0 Å². The van der Waals surface area contributed by atoms with E-state index in [1.165, 1.54) is 19.4 Å². The topological polar surface area (TPSA) is 27.7 Å². The number of hydrogen-bond acceptors (Lipinski definition) is 3. The van der Waals surface area contributed by atoms with Gasteiger partial charge in [0.25, 0.3) is 0 Å². The fourth-order valence-electron chi connectivity index (χ4n) is 3.27. The van der Waals surface area contributed by atoms with E-state index in [0.29, 0.717) is 12.0 Å². The minimum absolute atomic E-state index is 0.694. The molecular weight excluding hydrogens is 234 g/mol. The molecule has 0 amide bonds. The Morgan fingerprint density at radius 1 is 1.18 bits per heavy atom. The molecule has 0 saturated carbocycles. The molecule has 1 aliphatic heterocycles. The molecule has 1 saturated heterocycles. The van der Waals surface area contributed by atoms with Gasteiger partial charge in [-0.25, -0.2) is 0 Å². The number of rotatable bonds is 6. The molecule has 0 aromatic heterocycles. The van der Waals surface area contributed by atoms with Gasteiger partial charge in [0.05, 0.1) is 19.6 Å². The largest absolute Gasteiger partial charge is 0.558 e. The van der Waals surface area contributed by atoms with E-state index in [0.717, 1.165) is 10.7 Å². The van der Waals surface area contributed by atoms with Crippen LogP contribution in [-0.2, 0) is 13.3 Å². The second-order valence-electron chi connectivity index (χ2n) is 5.61. The van der Waals surface area contributed by atoms with Gasteiger partial charge in [-0.15, -0.1) is 0 Å². The normalized spacial score (nSPS) is 30.2. The van der Waals surface area contributed by atoms with Gasteiger partial charge in [-0.05, 0) is 0 Å². The zero-order valence-corrected chi connectivity index (χ0v) is 13.2. The van der Waals surface area contributed by atoms with Gasteiger partial charge in [-0.3, -0.25) is 0 Å². The van der Waals surface area contributed by atoms with Crippen molar-refractivity contribution >= 4 is 8.80 Å². The molecule has 0 radical (unpaired) electrons. The van der Waals surface area contributed by atoms with Crippen LogP contribution >= 0.6 is 0 Å². The Bertz CT molecular complexity index is 238. The third-order valence-electron chi connectivity index (χ3n) is 4.23. The first-order chi connectivity index (χ1) is 7.93. The van der Waals surface area contributed by atoms with E-state index in [1.54, 1.807) is 21.3 Å². The predicted octanol–water partition coefficient (Wildman–Crippen LogP) is 1.67. The number of hydrogen-bond donors (Lipinski definition) is 0. The van der Waals surface area contributed by atoms with Crippen molar-refractivity contribution in [2.45, 2.75) is 32.7 Å². The third-order valence-corrected chi connectivity index (χ3v) is 7.20. The SMILES string of the molecule is CO[Si](C[N+]1(C)CCCC1C(C)C)(OC)OC. The summed E-state index contributed by atoms with van der Waals surface area (Å²) in [7, 11) is 4.95. The first-order valence-electron chi connectivity index (χ1n) is 6.42. The highest BCUT2D eigenvalue weighted by atomic mass is 28.4. The van der Waals surface area contributed by atoms with Gasteiger partial charge in [0, 0.05) is 40.1 Å². The minimum Gasteiger partial charge on any atom is -0.374 e. The van der Waals surface area contributed by atoms with Gasteiger partial charge in [0.2, 0.25) is 0 Å². The maximum Gasteiger partial charge on any atom is 0.558 e. The number of quaternary nitrogens is 1. The van der Waals surface area contributed by atoms with Crippen LogP contribution in [0.25, 0.3) is 0 Å². The molecule has 1 fully saturated rings. The van der Waals surface area contributed by atoms with Crippen LogP contribution in [0.15, 0.2) is 0 Å². The van der Waals surface area contributed by atoms with E-state index >= 15 is 0 Å². The maximum absolute atomic E-state index is 5.57. The zero-order chi connectivity index (χ0) is 13.1. The predicted molar refractivity (Wildman–Crippen MR) is 70.6 cm³/mol. The average molecular weight is 262 g/mol. The summed E-state index contributed by atoms with van der Waals surface area (Å²) in [5.74, 6) is 0.694. The highest BCUT2D eigenvalue weighted by molar-refractivity contribution is 6.60. The van der Waals surface area contributed by atoms with Crippen LogP contribution in [0.4, 0.5) is 0 Å². The van der Waals surface area contributed by atoms with Crippen LogP contribution in [0.1, 0.15) is 26.7 Å². The van der Waals surface area contributed by atoms with E-state index < -0.39 is 8.80 Å². The summed E-state index contributed by atoms with van der Waals surface area (Å²) < 4.78 is 17.7. The molecule has 1 rings (SSSR count). The molecule has 17 heavy (non-hydrogen) atoms. The van der Waals surface area contributed by atoms with Gasteiger partial charge < -0.3 is 17.8 Å². The second kappa shape index (κ2) is 5.80. The fourth-order valence-corrected chi connectivity index (χ4v) is 5.44. The molecule has 0 bridgehead atoms. The molecule has 0 aromatic rings. The molecule has 4 nitrogen and oxygen atoms in total. The zero-order valence-electron chi connectivity index (χ0n) is 12.2. The highest BCUT2D eigenvalue weighted by Crippen LogP contribution is 2.32. The Morgan fingerprint density at radius 2 is 1.71 bits per heavy atom. The van der Waals surface area contributed by atoms with Crippen molar-refractivity contribution in [2.75, 3.05) is 41.1 Å². The van der Waals surface area contributed by atoms with Crippen molar-refractivity contribution in [1.82, 2.24) is 0 Å². The lowest BCUT2D eigenvalue weighted by atomic mass is 10.0. The summed E-state index contributed by atoms with van der Waals surface area (Å²) in [5.41, 5.74) is 0. The minimum atomic E-state index is -2.47. The van der Waals surface area contributed by atoms with Crippen LogP contribution in [0.2, 0.25) is 0 Å². The first kappa shape index (κ1) is 15.1. The molecule has 0 N–H and O–H groups in total. The summed E-state index contributed by atoms with van der Waals surface area (Å²) >= 11 is 0. The Balaban J connectivity index is 2.83. The van der Waals surface area contributed by atoms with Crippen molar-refractivity contribution in [2.24, 2.45) is 5.92 Å². The summed E-state index contributed by atoms with van der Waals surface area (Å²) in [6.45, 7) is 5.82. The van der Waals surface area contributed by atoms with Crippen LogP contribution in [0.3, 0.4) is 0 Å². The molecule has 2 atom stereocenters. The van der Waals surface area contributed by atoms with Crippen molar-refractivity contribution in [3.63, 3.8) is 0 Å². The molecule has 5 heteroatoms. The Hall–Kier alpha value is 0.0569. The quantitative estimate of drug-likeness (QED) is 0.538. The van der Waals surface area contributed by atoms with Crippen LogP contribution < -0.4 is 0 Å². The number of likely N-dealkylation sites (tertiary alicyclic amines) is 1. The Morgan fingerprint density at radius 3 is 2.12 bits per heavy atom. The second-order valence-corrected chi connectivity index (χ2v) is 8.52. The van der Waals surface area contributed by atoms with Crippen LogP contribution in [0, 0.1) is 5.92 Å². The van der Waals surface area contributed by atoms with Crippen LogP contribution in [0.5, 0.6) is 0 Å². The summed E-state index contributed by atoms with van der Waals surface area (Å²) in [6.07, 6.45) is 3.47. The van der Waals surface area contributed by atoms with Crippen LogP contribution in [-0.4, -0.2) is 60.4 Å². The van der Waals surface area contributed by atoms with E-state index in [2.05, 4.69) is 20.9 Å². The molecule has 1 aliphatic rings. The molecule has 2 unspecified atom stereocenters. The average Bonchev–Trinajstić information content (AvgIpc) is 2.68. The first-order valence-corrected chi connectivity index (χ1v) is 8.36. The molecule has 0 spiro atoms. The lowest BCUT2D eigenvalue weighted by molar-refractivity contribution is -0.917. The molecule has 102 valence electrons. The van der Waals surface area contributed by atoms with Gasteiger partial charge in [0.1, 0.15) is 6.17 Å². The lowest BCUT2D eigenvalue weighted by Gasteiger charge is -2.41. The fraction of sp³-hybridized carbons (Fsp3) is 1.00. The van der Waals surface area contributed by atoms with Crippen molar-refractivity contribution in [1.29, 1.82) is 0 Å². The third kappa shape index (κ3) is 3.09. The van der Waals surface area contributed by atoms with E-state index in [9.17, 15) is 0 Å². The van der Waals surface area contributed by atoms with Crippen molar-refractivity contribution < 1.29 is 17.8 Å². The van der Waals surface area contributed by atoms with Gasteiger partial charge in [0.15, 0.2) is 0 Å². The highest BCUT2D eigenvalue weighted by Gasteiger charge is 2.51. The molecule has 0 aromatic carbocycles. The molecule has 0 aliphatic carbocycles. The van der Waals surface area contributed by atoms with Gasteiger partial charge >= 0.3 is 8.80 Å². The summed E-state index contributed by atoms with van der Waals surface area (Å²) in [4.78, 5) is 0. The van der Waals surface area contributed by atoms with Gasteiger partial charge in [-0.2, -0.15) is 0 Å². The summed E-state index contributed by atoms with van der Waals surface area (Å²) in [5, 5.41) is 0. The smallest absolute Gasteiger partial charge is 0.374 e. The Labute approximate surface area is 107 Å². The lowest BCUT2D eigenvalue weighted by Crippen LogP contribution is -2.63. The molecule has 1 heterocycles. The van der Waals surface area contributed by atoms with E-state index in [-0.39, 0.29) is 0 Å². The van der Waals surface area contributed by atoms with E-state index in [1.807, 2.05) is 0 Å². The van der Waals surface area contributed by atoms with Gasteiger partial charge in [-0.1, -0.05) is 13.8 Å². The Kier molecular flexibility index (Phi) is 5.16.